The Labute approximate surface area is 114 Å². The molecule has 1 aromatic rings. The van der Waals surface area contributed by atoms with Gasteiger partial charge in [0.15, 0.2) is 0 Å². The third-order valence-electron chi connectivity index (χ3n) is 3.90. The van der Waals surface area contributed by atoms with Gasteiger partial charge in [0, 0.05) is 12.5 Å². The largest absolute Gasteiger partial charge is 0.489 e. The molecule has 2 aliphatic rings. The smallest absolute Gasteiger partial charge is 0.141 e. The zero-order valence-electron chi connectivity index (χ0n) is 10.8. The van der Waals surface area contributed by atoms with E-state index in [1.165, 1.54) is 30.4 Å². The summed E-state index contributed by atoms with van der Waals surface area (Å²) < 4.78 is 5.73. The molecule has 0 aliphatic carbocycles. The molecule has 3 heteroatoms. The van der Waals surface area contributed by atoms with Crippen molar-refractivity contribution in [2.75, 3.05) is 6.54 Å². The summed E-state index contributed by atoms with van der Waals surface area (Å²) in [5.41, 5.74) is 2.62. The Bertz CT molecular complexity index is 440. The van der Waals surface area contributed by atoms with Gasteiger partial charge in [-0.15, -0.1) is 0 Å². The second-order valence-corrected chi connectivity index (χ2v) is 5.96. The summed E-state index contributed by atoms with van der Waals surface area (Å²) in [6, 6.07) is 4.98. The fourth-order valence-corrected chi connectivity index (χ4v) is 3.36. The second-order valence-electron chi connectivity index (χ2n) is 5.55. The predicted molar refractivity (Wildman–Crippen MR) is 74.6 cm³/mol. The lowest BCUT2D eigenvalue weighted by molar-refractivity contribution is 0.255. The maximum Gasteiger partial charge on any atom is 0.141 e. The van der Waals surface area contributed by atoms with Gasteiger partial charge in [-0.25, -0.2) is 0 Å². The quantitative estimate of drug-likeness (QED) is 0.886. The zero-order chi connectivity index (χ0) is 12.5. The van der Waals surface area contributed by atoms with Gasteiger partial charge in [0.25, 0.3) is 0 Å². The van der Waals surface area contributed by atoms with Crippen molar-refractivity contribution in [2.45, 2.75) is 51.2 Å². The van der Waals surface area contributed by atoms with Gasteiger partial charge in [-0.1, -0.05) is 24.1 Å². The topological polar surface area (TPSA) is 21.3 Å². The molecule has 3 rings (SSSR count). The molecule has 0 amide bonds. The van der Waals surface area contributed by atoms with Crippen molar-refractivity contribution < 1.29 is 4.74 Å². The molecule has 2 nitrogen and oxygen atoms in total. The first-order valence-corrected chi connectivity index (χ1v) is 7.31. The van der Waals surface area contributed by atoms with Crippen molar-refractivity contribution in [3.8, 4) is 5.75 Å². The maximum absolute atomic E-state index is 6.31. The number of ether oxygens (including phenoxy) is 1. The van der Waals surface area contributed by atoms with Crippen molar-refractivity contribution in [3.05, 3.63) is 28.3 Å². The molecule has 2 unspecified atom stereocenters. The van der Waals surface area contributed by atoms with Crippen LogP contribution in [0.3, 0.4) is 0 Å². The summed E-state index contributed by atoms with van der Waals surface area (Å²) in [5, 5.41) is 4.37. The summed E-state index contributed by atoms with van der Waals surface area (Å²) in [5.74, 6) is 0.907. The molecule has 2 heterocycles. The number of halogens is 1. The van der Waals surface area contributed by atoms with E-state index in [1.54, 1.807) is 0 Å². The van der Waals surface area contributed by atoms with Crippen molar-refractivity contribution in [3.63, 3.8) is 0 Å². The van der Waals surface area contributed by atoms with Gasteiger partial charge < -0.3 is 10.1 Å². The molecule has 1 saturated heterocycles. The molecule has 98 valence electrons. The molecule has 0 bridgehead atoms. The van der Waals surface area contributed by atoms with E-state index < -0.39 is 0 Å². The number of hydrogen-bond donors (Lipinski definition) is 1. The van der Waals surface area contributed by atoms with Crippen LogP contribution in [0.5, 0.6) is 5.75 Å². The summed E-state index contributed by atoms with van der Waals surface area (Å²) in [7, 11) is 0. The Hall–Kier alpha value is -0.730. The number of hydrogen-bond acceptors (Lipinski definition) is 2. The van der Waals surface area contributed by atoms with E-state index in [0.29, 0.717) is 6.04 Å². The van der Waals surface area contributed by atoms with E-state index in [-0.39, 0.29) is 6.10 Å². The highest BCUT2D eigenvalue weighted by Gasteiger charge is 2.23. The number of nitrogens with one attached hydrogen (secondary N) is 1. The van der Waals surface area contributed by atoms with Crippen LogP contribution in [0.15, 0.2) is 12.1 Å². The average molecular weight is 266 g/mol. The highest BCUT2D eigenvalue weighted by atomic mass is 35.5. The molecule has 1 aromatic carbocycles. The molecule has 0 saturated carbocycles. The number of piperidine rings is 1. The summed E-state index contributed by atoms with van der Waals surface area (Å²) in [6.45, 7) is 3.25. The minimum Gasteiger partial charge on any atom is -0.489 e. The van der Waals surface area contributed by atoms with E-state index >= 15 is 0 Å². The highest BCUT2D eigenvalue weighted by molar-refractivity contribution is 6.32. The van der Waals surface area contributed by atoms with Gasteiger partial charge in [0.1, 0.15) is 11.9 Å². The van der Waals surface area contributed by atoms with Crippen molar-refractivity contribution in [1.29, 1.82) is 0 Å². The fraction of sp³-hybridized carbons (Fsp3) is 0.600. The van der Waals surface area contributed by atoms with Crippen LogP contribution >= 0.6 is 11.6 Å². The van der Waals surface area contributed by atoms with Crippen LogP contribution < -0.4 is 10.1 Å². The van der Waals surface area contributed by atoms with Crippen LogP contribution in [0.25, 0.3) is 0 Å². The van der Waals surface area contributed by atoms with E-state index in [9.17, 15) is 0 Å². The Morgan fingerprint density at radius 3 is 3.06 bits per heavy atom. The highest BCUT2D eigenvalue weighted by Crippen LogP contribution is 2.37. The minimum absolute atomic E-state index is 0.264. The molecule has 0 spiro atoms. The normalized spacial score (nSPS) is 26.8. The number of rotatable bonds is 2. The van der Waals surface area contributed by atoms with Gasteiger partial charge in [0.2, 0.25) is 0 Å². The first-order chi connectivity index (χ1) is 8.72. The summed E-state index contributed by atoms with van der Waals surface area (Å²) in [4.78, 5) is 0. The molecule has 18 heavy (non-hydrogen) atoms. The Morgan fingerprint density at radius 2 is 2.28 bits per heavy atom. The Kier molecular flexibility index (Phi) is 3.49. The third-order valence-corrected chi connectivity index (χ3v) is 4.18. The van der Waals surface area contributed by atoms with Crippen molar-refractivity contribution in [1.82, 2.24) is 5.32 Å². The monoisotopic (exact) mass is 265 g/mol. The lowest BCUT2D eigenvalue weighted by Gasteiger charge is -2.23. The van der Waals surface area contributed by atoms with Crippen LogP contribution in [0.2, 0.25) is 5.02 Å². The van der Waals surface area contributed by atoms with E-state index in [2.05, 4.69) is 24.4 Å². The zero-order valence-corrected chi connectivity index (χ0v) is 11.6. The lowest BCUT2D eigenvalue weighted by atomic mass is 9.96. The molecule has 1 fully saturated rings. The molecule has 0 radical (unpaired) electrons. The lowest BCUT2D eigenvalue weighted by Crippen LogP contribution is -2.35. The first kappa shape index (κ1) is 12.3. The molecular weight excluding hydrogens is 246 g/mol. The van der Waals surface area contributed by atoms with Crippen LogP contribution in [0.4, 0.5) is 0 Å². The molecule has 2 atom stereocenters. The third kappa shape index (κ3) is 2.50. The van der Waals surface area contributed by atoms with E-state index in [0.717, 1.165) is 30.2 Å². The van der Waals surface area contributed by atoms with Crippen molar-refractivity contribution >= 4 is 11.6 Å². The Balaban J connectivity index is 1.77. The molecule has 0 aromatic heterocycles. The molecular formula is C15H20ClNO. The van der Waals surface area contributed by atoms with Gasteiger partial charge in [-0.3, -0.25) is 0 Å². The second kappa shape index (κ2) is 5.10. The van der Waals surface area contributed by atoms with Crippen LogP contribution in [0.1, 0.15) is 37.3 Å². The van der Waals surface area contributed by atoms with Gasteiger partial charge in [0.05, 0.1) is 5.02 Å². The molecule has 1 N–H and O–H groups in total. The Morgan fingerprint density at radius 1 is 1.39 bits per heavy atom. The van der Waals surface area contributed by atoms with Crippen LogP contribution in [0, 0.1) is 0 Å². The first-order valence-electron chi connectivity index (χ1n) is 6.93. The van der Waals surface area contributed by atoms with E-state index in [4.69, 9.17) is 16.3 Å². The predicted octanol–water partition coefficient (Wildman–Crippen LogP) is 3.35. The van der Waals surface area contributed by atoms with Crippen molar-refractivity contribution in [2.24, 2.45) is 0 Å². The average Bonchev–Trinajstić information content (AvgIpc) is 2.72. The fourth-order valence-electron chi connectivity index (χ4n) is 3.05. The number of benzene rings is 1. The van der Waals surface area contributed by atoms with E-state index in [1.807, 2.05) is 0 Å². The molecule has 2 aliphatic heterocycles. The standard InChI is InChI=1S/C15H20ClNO/c1-10-6-12-7-11(9-14(16)15(12)18-10)8-13-4-2-3-5-17-13/h7,9-10,13,17H,2-6,8H2,1H3. The van der Waals surface area contributed by atoms with Gasteiger partial charge in [-0.05, 0) is 49.9 Å². The van der Waals surface area contributed by atoms with Crippen LogP contribution in [-0.2, 0) is 12.8 Å². The SMILES string of the molecule is CC1Cc2cc(CC3CCCCN3)cc(Cl)c2O1. The van der Waals surface area contributed by atoms with Crippen LogP contribution in [-0.4, -0.2) is 18.7 Å². The maximum atomic E-state index is 6.31. The minimum atomic E-state index is 0.264. The summed E-state index contributed by atoms with van der Waals surface area (Å²) in [6.07, 6.45) is 6.27. The summed E-state index contributed by atoms with van der Waals surface area (Å²) >= 11 is 6.31. The number of fused-ring (bicyclic) bond motifs is 1. The van der Waals surface area contributed by atoms with Gasteiger partial charge >= 0.3 is 0 Å². The van der Waals surface area contributed by atoms with Gasteiger partial charge in [-0.2, -0.15) is 0 Å².